The van der Waals surface area contributed by atoms with E-state index >= 15 is 0 Å². The van der Waals surface area contributed by atoms with Gasteiger partial charge in [0.25, 0.3) is 0 Å². The molecule has 0 aromatic heterocycles. The highest BCUT2D eigenvalue weighted by Crippen LogP contribution is 2.26. The molecule has 2 saturated heterocycles. The minimum Gasteiger partial charge on any atom is -0.383 e. The Morgan fingerprint density at radius 2 is 1.28 bits per heavy atom. The van der Waals surface area contributed by atoms with E-state index in [0.29, 0.717) is 39.5 Å². The molecule has 0 saturated carbocycles. The lowest BCUT2D eigenvalue weighted by atomic mass is 10.0. The third kappa shape index (κ3) is 13.9. The Balaban J connectivity index is 1.06. The van der Waals surface area contributed by atoms with E-state index in [9.17, 15) is 16.8 Å². The van der Waals surface area contributed by atoms with E-state index in [4.69, 9.17) is 18.9 Å². The molecule has 0 amide bonds. The van der Waals surface area contributed by atoms with E-state index in [-0.39, 0.29) is 35.5 Å². The predicted octanol–water partition coefficient (Wildman–Crippen LogP) is 3.16. The van der Waals surface area contributed by atoms with Gasteiger partial charge in [-0.05, 0) is 79.0 Å². The van der Waals surface area contributed by atoms with E-state index in [1.54, 1.807) is 45.5 Å². The van der Waals surface area contributed by atoms with Crippen molar-refractivity contribution in [2.75, 3.05) is 120 Å². The monoisotopic (exact) mass is 844 g/mol. The quantitative estimate of drug-likeness (QED) is 0.121. The number of sulfonamides is 2. The first-order valence-electron chi connectivity index (χ1n) is 20.4. The number of hydrogen-bond acceptors (Lipinski definition) is 12. The number of nitrogens with one attached hydrogen (secondary N) is 2. The second-order valence-corrected chi connectivity index (χ2v) is 18.8. The standard InChI is InChI=1S/C42H64N6O8S2/c1-45(57(49,50)40-13-9-36(10-14-40)32-43-17-5-19-46-21-28-55-29-22-46)34-38-7-4-8-39(31-38)42-35-56-30-23-47(42)20-6-18-44-33-37-11-15-41(16-12-37)58(51,52)48(24-26-53-2)25-27-54-3/h4,7-16,31,42-44H,5-6,17-30,32-35H2,1-3H3. The molecule has 0 radical (unpaired) electrons. The van der Waals surface area contributed by atoms with Gasteiger partial charge in [-0.1, -0.05) is 48.5 Å². The SMILES string of the molecule is COCCN(CCOC)S(=O)(=O)c1ccc(CNCCCN2CCOCC2c2cccc(CN(C)S(=O)(=O)c3ccc(CNCCCN4CCOCC4)cc3)c2)cc1. The minimum atomic E-state index is -3.68. The molecule has 0 bridgehead atoms. The van der Waals surface area contributed by atoms with Crippen molar-refractivity contribution in [1.29, 1.82) is 0 Å². The Bertz CT molecular complexity index is 1850. The zero-order chi connectivity index (χ0) is 41.2. The summed E-state index contributed by atoms with van der Waals surface area (Å²) in [6.45, 7) is 12.0. The second-order valence-electron chi connectivity index (χ2n) is 14.8. The van der Waals surface area contributed by atoms with Gasteiger partial charge >= 0.3 is 0 Å². The average Bonchev–Trinajstić information content (AvgIpc) is 3.24. The van der Waals surface area contributed by atoms with Gasteiger partial charge in [-0.15, -0.1) is 0 Å². The van der Waals surface area contributed by atoms with E-state index in [1.165, 1.54) is 8.61 Å². The summed E-state index contributed by atoms with van der Waals surface area (Å²) < 4.78 is 77.9. The van der Waals surface area contributed by atoms with Crippen LogP contribution in [0.15, 0.2) is 82.6 Å². The van der Waals surface area contributed by atoms with E-state index in [1.807, 2.05) is 36.4 Å². The Labute approximate surface area is 346 Å². The van der Waals surface area contributed by atoms with Gasteiger partial charge in [0.15, 0.2) is 0 Å². The van der Waals surface area contributed by atoms with Crippen molar-refractivity contribution in [2.45, 2.75) is 48.3 Å². The summed E-state index contributed by atoms with van der Waals surface area (Å²) in [5.41, 5.74) is 4.08. The Hall–Kier alpha value is -2.84. The molecule has 2 N–H and O–H groups in total. The number of benzene rings is 3. The summed E-state index contributed by atoms with van der Waals surface area (Å²) in [5, 5.41) is 6.97. The van der Waals surface area contributed by atoms with Gasteiger partial charge in [0.1, 0.15) is 0 Å². The topological polar surface area (TPSA) is 142 Å². The van der Waals surface area contributed by atoms with E-state index in [0.717, 1.165) is 94.1 Å². The highest BCUT2D eigenvalue weighted by Gasteiger charge is 2.26. The van der Waals surface area contributed by atoms with Crippen LogP contribution in [0.3, 0.4) is 0 Å². The van der Waals surface area contributed by atoms with Crippen LogP contribution in [0.4, 0.5) is 0 Å². The molecule has 1 atom stereocenters. The normalized spacial score (nSPS) is 17.4. The number of rotatable bonds is 25. The van der Waals surface area contributed by atoms with Crippen LogP contribution in [-0.2, 0) is 58.6 Å². The fourth-order valence-electron chi connectivity index (χ4n) is 7.20. The van der Waals surface area contributed by atoms with Gasteiger partial charge in [-0.3, -0.25) is 9.80 Å². The van der Waals surface area contributed by atoms with Crippen molar-refractivity contribution in [3.05, 3.63) is 95.1 Å². The molecule has 0 spiro atoms. The van der Waals surface area contributed by atoms with Crippen LogP contribution < -0.4 is 10.6 Å². The van der Waals surface area contributed by atoms with Crippen LogP contribution in [-0.4, -0.2) is 155 Å². The first kappa shape index (κ1) is 46.2. The zero-order valence-electron chi connectivity index (χ0n) is 34.5. The Kier molecular flexibility index (Phi) is 19.0. The molecule has 2 heterocycles. The van der Waals surface area contributed by atoms with Gasteiger partial charge in [-0.25, -0.2) is 16.8 Å². The highest BCUT2D eigenvalue weighted by atomic mass is 32.2. The first-order chi connectivity index (χ1) is 28.1. The fraction of sp³-hybridized carbons (Fsp3) is 0.571. The molecular formula is C42H64N6O8S2. The molecule has 2 fully saturated rings. The summed E-state index contributed by atoms with van der Waals surface area (Å²) in [6, 6.07) is 22.4. The molecule has 0 aliphatic carbocycles. The minimum absolute atomic E-state index is 0.0676. The van der Waals surface area contributed by atoms with Gasteiger partial charge in [0.05, 0.1) is 55.5 Å². The lowest BCUT2D eigenvalue weighted by molar-refractivity contribution is -0.00882. The summed E-state index contributed by atoms with van der Waals surface area (Å²) in [6.07, 6.45) is 1.98. The van der Waals surface area contributed by atoms with Crippen molar-refractivity contribution >= 4 is 20.0 Å². The summed E-state index contributed by atoms with van der Waals surface area (Å²) in [7, 11) is -2.61. The Morgan fingerprint density at radius 3 is 1.88 bits per heavy atom. The van der Waals surface area contributed by atoms with Gasteiger partial charge < -0.3 is 29.6 Å². The number of morpholine rings is 2. The van der Waals surface area contributed by atoms with Gasteiger partial charge in [0.2, 0.25) is 20.0 Å². The average molecular weight is 845 g/mol. The van der Waals surface area contributed by atoms with Gasteiger partial charge in [0, 0.05) is 80.2 Å². The fourth-order valence-corrected chi connectivity index (χ4v) is 9.77. The maximum atomic E-state index is 13.6. The van der Waals surface area contributed by atoms with Crippen LogP contribution in [0.1, 0.15) is 41.1 Å². The van der Waals surface area contributed by atoms with Crippen molar-refractivity contribution in [1.82, 2.24) is 29.0 Å². The maximum absolute atomic E-state index is 13.6. The lowest BCUT2D eigenvalue weighted by Crippen LogP contribution is -2.40. The van der Waals surface area contributed by atoms with Crippen molar-refractivity contribution in [2.24, 2.45) is 0 Å². The van der Waals surface area contributed by atoms with E-state index in [2.05, 4.69) is 32.6 Å². The van der Waals surface area contributed by atoms with Crippen LogP contribution in [0.5, 0.6) is 0 Å². The number of nitrogens with zero attached hydrogens (tertiary/aromatic N) is 4. The van der Waals surface area contributed by atoms with Crippen LogP contribution >= 0.6 is 0 Å². The largest absolute Gasteiger partial charge is 0.383 e. The maximum Gasteiger partial charge on any atom is 0.243 e. The molecule has 322 valence electrons. The molecule has 58 heavy (non-hydrogen) atoms. The van der Waals surface area contributed by atoms with Crippen molar-refractivity contribution in [3.63, 3.8) is 0 Å². The van der Waals surface area contributed by atoms with Crippen LogP contribution in [0.2, 0.25) is 0 Å². The van der Waals surface area contributed by atoms with Gasteiger partial charge in [-0.2, -0.15) is 8.61 Å². The number of methoxy groups -OCH3 is 2. The van der Waals surface area contributed by atoms with Crippen LogP contribution in [0, 0.1) is 0 Å². The summed E-state index contributed by atoms with van der Waals surface area (Å²) in [4.78, 5) is 5.39. The van der Waals surface area contributed by atoms with Crippen molar-refractivity contribution in [3.8, 4) is 0 Å². The molecule has 3 aromatic rings. The third-order valence-corrected chi connectivity index (χ3v) is 14.4. The van der Waals surface area contributed by atoms with E-state index < -0.39 is 20.0 Å². The summed E-state index contributed by atoms with van der Waals surface area (Å²) >= 11 is 0. The van der Waals surface area contributed by atoms with Crippen molar-refractivity contribution < 1.29 is 35.8 Å². The molecular weight excluding hydrogens is 781 g/mol. The smallest absolute Gasteiger partial charge is 0.243 e. The van der Waals surface area contributed by atoms with Crippen LogP contribution in [0.25, 0.3) is 0 Å². The zero-order valence-corrected chi connectivity index (χ0v) is 36.2. The molecule has 3 aromatic carbocycles. The molecule has 2 aliphatic rings. The first-order valence-corrected chi connectivity index (χ1v) is 23.2. The third-order valence-electron chi connectivity index (χ3n) is 10.7. The predicted molar refractivity (Wildman–Crippen MR) is 226 cm³/mol. The highest BCUT2D eigenvalue weighted by molar-refractivity contribution is 7.89. The Morgan fingerprint density at radius 1 is 0.707 bits per heavy atom. The molecule has 5 rings (SSSR count). The molecule has 2 aliphatic heterocycles. The molecule has 16 heteroatoms. The molecule has 1 unspecified atom stereocenters. The second kappa shape index (κ2) is 23.8. The number of hydrogen-bond donors (Lipinski definition) is 2. The number of ether oxygens (including phenoxy) is 4. The molecule has 14 nitrogen and oxygen atoms in total. The summed E-state index contributed by atoms with van der Waals surface area (Å²) in [5.74, 6) is 0. The lowest BCUT2D eigenvalue weighted by Gasteiger charge is -2.36.